The maximum atomic E-state index is 10.9. The third-order valence-corrected chi connectivity index (χ3v) is 2.50. The second kappa shape index (κ2) is 9.87. The van der Waals surface area contributed by atoms with Gasteiger partial charge in [0.1, 0.15) is 0 Å². The van der Waals surface area contributed by atoms with Crippen LogP contribution < -0.4 is 0 Å². The minimum Gasteiger partial charge on any atom is -0.469 e. The fraction of sp³-hybridized carbons (Fsp3) is 0.692. The smallest absolute Gasteiger partial charge is 0.330 e. The van der Waals surface area contributed by atoms with Crippen molar-refractivity contribution in [3.8, 4) is 0 Å². The molecule has 0 heterocycles. The van der Waals surface area contributed by atoms with Gasteiger partial charge in [-0.15, -0.1) is 0 Å². The summed E-state index contributed by atoms with van der Waals surface area (Å²) in [5, 5.41) is 0. The summed E-state index contributed by atoms with van der Waals surface area (Å²) in [5.74, 6) is -0.444. The molecule has 0 radical (unpaired) electrons. The lowest BCUT2D eigenvalue weighted by Crippen LogP contribution is -1.99. The molecule has 4 nitrogen and oxygen atoms in total. The van der Waals surface area contributed by atoms with Crippen molar-refractivity contribution < 1.29 is 19.1 Å². The molecule has 17 heavy (non-hydrogen) atoms. The number of ether oxygens (including phenoxy) is 2. The van der Waals surface area contributed by atoms with Crippen molar-refractivity contribution in [1.29, 1.82) is 0 Å². The maximum Gasteiger partial charge on any atom is 0.330 e. The molecule has 0 saturated heterocycles. The molecule has 0 fully saturated rings. The Morgan fingerprint density at radius 1 is 0.941 bits per heavy atom. The predicted molar refractivity (Wildman–Crippen MR) is 65.5 cm³/mol. The van der Waals surface area contributed by atoms with Crippen LogP contribution in [0.15, 0.2) is 11.6 Å². The van der Waals surface area contributed by atoms with Crippen LogP contribution in [0.1, 0.15) is 45.4 Å². The maximum absolute atomic E-state index is 10.9. The molecule has 0 aliphatic rings. The van der Waals surface area contributed by atoms with E-state index in [1.165, 1.54) is 20.3 Å². The summed E-state index contributed by atoms with van der Waals surface area (Å²) >= 11 is 0. The lowest BCUT2D eigenvalue weighted by atomic mass is 10.1. The number of allylic oxidation sites excluding steroid dienone is 1. The average molecular weight is 242 g/mol. The van der Waals surface area contributed by atoms with E-state index in [1.807, 2.05) is 6.92 Å². The molecule has 0 aliphatic heterocycles. The van der Waals surface area contributed by atoms with Gasteiger partial charge >= 0.3 is 11.9 Å². The van der Waals surface area contributed by atoms with E-state index < -0.39 is 0 Å². The molecule has 0 rings (SSSR count). The summed E-state index contributed by atoms with van der Waals surface area (Å²) in [6, 6.07) is 0. The van der Waals surface area contributed by atoms with Gasteiger partial charge in [0, 0.05) is 12.5 Å². The molecule has 4 heteroatoms. The molecule has 0 aliphatic carbocycles. The number of hydrogen-bond donors (Lipinski definition) is 0. The van der Waals surface area contributed by atoms with Crippen molar-refractivity contribution in [1.82, 2.24) is 0 Å². The molecule has 98 valence electrons. The number of carbonyl (C=O) groups excluding carboxylic acids is 2. The first-order valence-corrected chi connectivity index (χ1v) is 5.92. The minimum atomic E-state index is -0.298. The van der Waals surface area contributed by atoms with Crippen molar-refractivity contribution >= 4 is 11.9 Å². The third-order valence-electron chi connectivity index (χ3n) is 2.50. The van der Waals surface area contributed by atoms with Crippen LogP contribution in [0.5, 0.6) is 0 Å². The van der Waals surface area contributed by atoms with Gasteiger partial charge in [-0.05, 0) is 26.2 Å². The third kappa shape index (κ3) is 9.60. The molecule has 0 aromatic heterocycles. The summed E-state index contributed by atoms with van der Waals surface area (Å²) in [4.78, 5) is 21.7. The molecule has 0 atom stereocenters. The Balaban J connectivity index is 3.48. The Kier molecular flexibility index (Phi) is 9.11. The van der Waals surface area contributed by atoms with Gasteiger partial charge in [0.15, 0.2) is 0 Å². The van der Waals surface area contributed by atoms with Gasteiger partial charge < -0.3 is 9.47 Å². The Bertz CT molecular complexity index is 269. The van der Waals surface area contributed by atoms with Gasteiger partial charge in [0.25, 0.3) is 0 Å². The van der Waals surface area contributed by atoms with Gasteiger partial charge in [-0.3, -0.25) is 4.79 Å². The number of hydrogen-bond acceptors (Lipinski definition) is 4. The van der Waals surface area contributed by atoms with Crippen molar-refractivity contribution in [3.63, 3.8) is 0 Å². The van der Waals surface area contributed by atoms with Crippen molar-refractivity contribution in [3.05, 3.63) is 11.6 Å². The van der Waals surface area contributed by atoms with Crippen LogP contribution in [-0.4, -0.2) is 26.2 Å². The number of methoxy groups -OCH3 is 2. The highest BCUT2D eigenvalue weighted by atomic mass is 16.5. The molecule has 0 unspecified atom stereocenters. The van der Waals surface area contributed by atoms with E-state index in [1.54, 1.807) is 0 Å². The summed E-state index contributed by atoms with van der Waals surface area (Å²) in [6.07, 6.45) is 6.88. The van der Waals surface area contributed by atoms with Crippen molar-refractivity contribution in [2.45, 2.75) is 45.4 Å². The second-order valence-electron chi connectivity index (χ2n) is 4.00. The van der Waals surface area contributed by atoms with Crippen LogP contribution in [0, 0.1) is 0 Å². The van der Waals surface area contributed by atoms with E-state index in [4.69, 9.17) is 0 Å². The lowest BCUT2D eigenvalue weighted by molar-refractivity contribution is -0.140. The fourth-order valence-corrected chi connectivity index (χ4v) is 1.46. The monoisotopic (exact) mass is 242 g/mol. The summed E-state index contributed by atoms with van der Waals surface area (Å²) in [7, 11) is 2.78. The highest BCUT2D eigenvalue weighted by Crippen LogP contribution is 2.10. The highest BCUT2D eigenvalue weighted by Gasteiger charge is 2.00. The fourth-order valence-electron chi connectivity index (χ4n) is 1.46. The largest absolute Gasteiger partial charge is 0.469 e. The number of rotatable bonds is 8. The van der Waals surface area contributed by atoms with E-state index in [2.05, 4.69) is 9.47 Å². The van der Waals surface area contributed by atoms with E-state index >= 15 is 0 Å². The number of unbranched alkanes of at least 4 members (excludes halogenated alkanes) is 3. The Hall–Kier alpha value is -1.32. The molecule has 0 bridgehead atoms. The van der Waals surface area contributed by atoms with Crippen LogP contribution in [0.2, 0.25) is 0 Å². The van der Waals surface area contributed by atoms with Crippen LogP contribution in [-0.2, 0) is 19.1 Å². The summed E-state index contributed by atoms with van der Waals surface area (Å²) < 4.78 is 9.09. The second-order valence-corrected chi connectivity index (χ2v) is 4.00. The van der Waals surface area contributed by atoms with Gasteiger partial charge in [0.05, 0.1) is 14.2 Å². The zero-order chi connectivity index (χ0) is 13.1. The van der Waals surface area contributed by atoms with Crippen LogP contribution >= 0.6 is 0 Å². The molecule has 0 N–H and O–H groups in total. The van der Waals surface area contributed by atoms with Crippen molar-refractivity contribution in [2.75, 3.05) is 14.2 Å². The Morgan fingerprint density at radius 2 is 1.53 bits per heavy atom. The molecule has 0 amide bonds. The van der Waals surface area contributed by atoms with E-state index in [9.17, 15) is 9.59 Å². The minimum absolute atomic E-state index is 0.147. The predicted octanol–water partition coefficient (Wildman–Crippen LogP) is 2.62. The quantitative estimate of drug-likeness (QED) is 0.373. The molecular weight excluding hydrogens is 220 g/mol. The summed E-state index contributed by atoms with van der Waals surface area (Å²) in [5.41, 5.74) is 1.03. The Morgan fingerprint density at radius 3 is 2.06 bits per heavy atom. The topological polar surface area (TPSA) is 52.6 Å². The standard InChI is InChI=1S/C13H22O4/c1-11(10-13(15)17-3)8-6-4-5-7-9-12(14)16-2/h10H,4-9H2,1-3H3/b11-10+. The van der Waals surface area contributed by atoms with E-state index in [0.29, 0.717) is 6.42 Å². The zero-order valence-electron chi connectivity index (χ0n) is 11.0. The first kappa shape index (κ1) is 15.7. The van der Waals surface area contributed by atoms with Crippen LogP contribution in [0.25, 0.3) is 0 Å². The van der Waals surface area contributed by atoms with Gasteiger partial charge in [-0.1, -0.05) is 18.4 Å². The SMILES string of the molecule is COC(=O)/C=C(\C)CCCCCCC(=O)OC. The van der Waals surface area contributed by atoms with E-state index in [0.717, 1.165) is 37.7 Å². The van der Waals surface area contributed by atoms with Crippen molar-refractivity contribution in [2.24, 2.45) is 0 Å². The molecule has 0 spiro atoms. The van der Waals surface area contributed by atoms with Gasteiger partial charge in [0.2, 0.25) is 0 Å². The molecule has 0 saturated carbocycles. The van der Waals surface area contributed by atoms with Crippen LogP contribution in [0.4, 0.5) is 0 Å². The molecule has 0 aromatic carbocycles. The van der Waals surface area contributed by atoms with E-state index in [-0.39, 0.29) is 11.9 Å². The number of carbonyl (C=O) groups is 2. The Labute approximate surface area is 103 Å². The highest BCUT2D eigenvalue weighted by molar-refractivity contribution is 5.82. The van der Waals surface area contributed by atoms with Gasteiger partial charge in [-0.2, -0.15) is 0 Å². The molecular formula is C13H22O4. The number of esters is 2. The van der Waals surface area contributed by atoms with Crippen LogP contribution in [0.3, 0.4) is 0 Å². The lowest BCUT2D eigenvalue weighted by Gasteiger charge is -2.02. The average Bonchev–Trinajstić information content (AvgIpc) is 2.32. The zero-order valence-corrected chi connectivity index (χ0v) is 11.0. The molecule has 0 aromatic rings. The first-order valence-electron chi connectivity index (χ1n) is 5.92. The first-order chi connectivity index (χ1) is 8.10. The normalized spacial score (nSPS) is 11.1. The van der Waals surface area contributed by atoms with Gasteiger partial charge in [-0.25, -0.2) is 4.79 Å². The summed E-state index contributed by atoms with van der Waals surface area (Å²) in [6.45, 7) is 1.92.